The normalized spacial score (nSPS) is 14.4. The lowest BCUT2D eigenvalue weighted by molar-refractivity contribution is -0.142. The van der Waals surface area contributed by atoms with Gasteiger partial charge < -0.3 is 16.2 Å². The zero-order valence-electron chi connectivity index (χ0n) is 10.9. The zero-order valence-corrected chi connectivity index (χ0v) is 10.9. The van der Waals surface area contributed by atoms with Gasteiger partial charge in [0.25, 0.3) is 0 Å². The monoisotopic (exact) mass is 244 g/mol. The molecule has 0 bridgehead atoms. The summed E-state index contributed by atoms with van der Waals surface area (Å²) in [4.78, 5) is 22.3. The number of amides is 1. The summed E-state index contributed by atoms with van der Waals surface area (Å²) < 4.78 is 0. The molecule has 100 valence electrons. The molecular weight excluding hydrogens is 220 g/mol. The van der Waals surface area contributed by atoms with Crippen molar-refractivity contribution >= 4 is 11.9 Å². The van der Waals surface area contributed by atoms with E-state index < -0.39 is 11.9 Å². The van der Waals surface area contributed by atoms with Crippen molar-refractivity contribution in [3.63, 3.8) is 0 Å². The summed E-state index contributed by atoms with van der Waals surface area (Å²) in [7, 11) is 0. The highest BCUT2D eigenvalue weighted by atomic mass is 16.4. The lowest BCUT2D eigenvalue weighted by Crippen LogP contribution is -2.34. The highest BCUT2D eigenvalue weighted by Gasteiger charge is 2.19. The van der Waals surface area contributed by atoms with E-state index in [9.17, 15) is 9.59 Å². The molecule has 1 amide bonds. The first kappa shape index (κ1) is 15.9. The van der Waals surface area contributed by atoms with Crippen LogP contribution in [-0.4, -0.2) is 29.6 Å². The predicted octanol–water partition coefficient (Wildman–Crippen LogP) is 0.977. The largest absolute Gasteiger partial charge is 0.481 e. The van der Waals surface area contributed by atoms with Crippen LogP contribution in [0.25, 0.3) is 0 Å². The van der Waals surface area contributed by atoms with Crippen molar-refractivity contribution in [1.29, 1.82) is 0 Å². The molecule has 0 aliphatic carbocycles. The van der Waals surface area contributed by atoms with Crippen LogP contribution in [0, 0.1) is 11.8 Å². The Morgan fingerprint density at radius 1 is 1.29 bits per heavy atom. The molecule has 0 radical (unpaired) electrons. The molecule has 0 aromatic rings. The van der Waals surface area contributed by atoms with Crippen molar-refractivity contribution in [2.24, 2.45) is 17.6 Å². The summed E-state index contributed by atoms with van der Waals surface area (Å²) in [6, 6.07) is -0.00770. The van der Waals surface area contributed by atoms with Gasteiger partial charge in [-0.3, -0.25) is 9.59 Å². The quantitative estimate of drug-likeness (QED) is 0.593. The first-order valence-electron chi connectivity index (χ1n) is 6.08. The number of nitrogens with one attached hydrogen (secondary N) is 1. The van der Waals surface area contributed by atoms with Gasteiger partial charge in [-0.05, 0) is 25.7 Å². The van der Waals surface area contributed by atoms with Gasteiger partial charge in [0.15, 0.2) is 0 Å². The molecule has 0 saturated heterocycles. The Balaban J connectivity index is 3.95. The second-order valence-electron chi connectivity index (χ2n) is 4.98. The fraction of sp³-hybridized carbons (Fsp3) is 0.833. The topological polar surface area (TPSA) is 92.4 Å². The molecule has 0 spiro atoms. The van der Waals surface area contributed by atoms with Gasteiger partial charge in [0, 0.05) is 19.0 Å². The maximum Gasteiger partial charge on any atom is 0.308 e. The molecule has 0 aromatic carbocycles. The third-order valence-electron chi connectivity index (χ3n) is 2.48. The first-order valence-corrected chi connectivity index (χ1v) is 6.08. The molecule has 4 N–H and O–H groups in total. The van der Waals surface area contributed by atoms with Crippen molar-refractivity contribution in [3.05, 3.63) is 0 Å². The van der Waals surface area contributed by atoms with Crippen LogP contribution in [0.2, 0.25) is 0 Å². The molecule has 0 saturated carbocycles. The Bertz CT molecular complexity index is 252. The molecular formula is C12H24N2O3. The van der Waals surface area contributed by atoms with Gasteiger partial charge in [-0.2, -0.15) is 0 Å². The summed E-state index contributed by atoms with van der Waals surface area (Å²) >= 11 is 0. The number of hydrogen-bond donors (Lipinski definition) is 3. The Labute approximate surface area is 103 Å². The molecule has 5 nitrogen and oxygen atoms in total. The van der Waals surface area contributed by atoms with Gasteiger partial charge in [-0.1, -0.05) is 13.8 Å². The number of carbonyl (C=O) groups is 2. The van der Waals surface area contributed by atoms with Gasteiger partial charge in [-0.15, -0.1) is 0 Å². The average Bonchev–Trinajstić information content (AvgIpc) is 2.20. The van der Waals surface area contributed by atoms with Crippen molar-refractivity contribution < 1.29 is 14.7 Å². The standard InChI is InChI=1S/C12H24N2O3/c1-8(2)6-10(12(16)17)7-14-11(15)5-4-9(3)13/h8-10H,4-7,13H2,1-3H3,(H,14,15)(H,16,17). The number of carbonyl (C=O) groups excluding carboxylic acids is 1. The van der Waals surface area contributed by atoms with E-state index in [1.54, 1.807) is 0 Å². The smallest absolute Gasteiger partial charge is 0.308 e. The minimum atomic E-state index is -0.855. The summed E-state index contributed by atoms with van der Waals surface area (Å²) in [6.45, 7) is 5.97. The van der Waals surface area contributed by atoms with E-state index in [0.29, 0.717) is 25.2 Å². The predicted molar refractivity (Wildman–Crippen MR) is 66.5 cm³/mol. The van der Waals surface area contributed by atoms with Gasteiger partial charge in [0.05, 0.1) is 5.92 Å². The van der Waals surface area contributed by atoms with E-state index in [0.717, 1.165) is 0 Å². The van der Waals surface area contributed by atoms with E-state index in [2.05, 4.69) is 5.32 Å². The maximum absolute atomic E-state index is 11.4. The molecule has 0 aliphatic heterocycles. The Kier molecular flexibility index (Phi) is 7.54. The molecule has 2 unspecified atom stereocenters. The SMILES string of the molecule is CC(C)CC(CNC(=O)CCC(C)N)C(=O)O. The number of rotatable bonds is 8. The van der Waals surface area contributed by atoms with Gasteiger partial charge in [-0.25, -0.2) is 0 Å². The molecule has 0 heterocycles. The van der Waals surface area contributed by atoms with Crippen molar-refractivity contribution in [1.82, 2.24) is 5.32 Å². The number of nitrogens with two attached hydrogens (primary N) is 1. The fourth-order valence-corrected chi connectivity index (χ4v) is 1.52. The van der Waals surface area contributed by atoms with Crippen LogP contribution < -0.4 is 11.1 Å². The van der Waals surface area contributed by atoms with Crippen LogP contribution in [0.4, 0.5) is 0 Å². The van der Waals surface area contributed by atoms with Crippen molar-refractivity contribution in [2.45, 2.75) is 46.1 Å². The molecule has 0 aromatic heterocycles. The van der Waals surface area contributed by atoms with Crippen LogP contribution in [0.15, 0.2) is 0 Å². The van der Waals surface area contributed by atoms with Crippen LogP contribution in [0.1, 0.15) is 40.0 Å². The van der Waals surface area contributed by atoms with Gasteiger partial charge in [0.1, 0.15) is 0 Å². The molecule has 0 fully saturated rings. The van der Waals surface area contributed by atoms with Gasteiger partial charge >= 0.3 is 5.97 Å². The van der Waals surface area contributed by atoms with Gasteiger partial charge in [0.2, 0.25) is 5.91 Å². The average molecular weight is 244 g/mol. The van der Waals surface area contributed by atoms with Crippen LogP contribution in [-0.2, 0) is 9.59 Å². The Morgan fingerprint density at radius 3 is 2.29 bits per heavy atom. The second-order valence-corrected chi connectivity index (χ2v) is 4.98. The third-order valence-corrected chi connectivity index (χ3v) is 2.48. The van der Waals surface area contributed by atoms with Crippen LogP contribution in [0.5, 0.6) is 0 Å². The van der Waals surface area contributed by atoms with E-state index >= 15 is 0 Å². The number of carboxylic acid groups (broad SMARTS) is 1. The lowest BCUT2D eigenvalue weighted by Gasteiger charge is -2.15. The first-order chi connectivity index (χ1) is 7.82. The summed E-state index contributed by atoms with van der Waals surface area (Å²) in [6.07, 6.45) is 1.54. The van der Waals surface area contributed by atoms with Crippen LogP contribution in [0.3, 0.4) is 0 Å². The summed E-state index contributed by atoms with van der Waals surface area (Å²) in [5, 5.41) is 11.6. The fourth-order valence-electron chi connectivity index (χ4n) is 1.52. The number of carboxylic acids is 1. The third kappa shape index (κ3) is 8.68. The molecule has 2 atom stereocenters. The Hall–Kier alpha value is -1.10. The molecule has 0 rings (SSSR count). The number of aliphatic carboxylic acids is 1. The van der Waals surface area contributed by atoms with E-state index in [1.807, 2.05) is 20.8 Å². The summed E-state index contributed by atoms with van der Waals surface area (Å²) in [5.41, 5.74) is 5.54. The number of hydrogen-bond acceptors (Lipinski definition) is 3. The van der Waals surface area contributed by atoms with E-state index in [1.165, 1.54) is 0 Å². The molecule has 17 heavy (non-hydrogen) atoms. The van der Waals surface area contributed by atoms with E-state index in [-0.39, 0.29) is 18.5 Å². The van der Waals surface area contributed by atoms with Crippen LogP contribution >= 0.6 is 0 Å². The second kappa shape index (κ2) is 8.06. The highest BCUT2D eigenvalue weighted by Crippen LogP contribution is 2.11. The minimum Gasteiger partial charge on any atom is -0.481 e. The van der Waals surface area contributed by atoms with Crippen molar-refractivity contribution in [2.75, 3.05) is 6.54 Å². The molecule has 5 heteroatoms. The Morgan fingerprint density at radius 2 is 1.88 bits per heavy atom. The maximum atomic E-state index is 11.4. The summed E-state index contributed by atoms with van der Waals surface area (Å²) in [5.74, 6) is -1.19. The molecule has 0 aliphatic rings. The highest BCUT2D eigenvalue weighted by molar-refractivity contribution is 5.77. The minimum absolute atomic E-state index is 0.00770. The zero-order chi connectivity index (χ0) is 13.4. The van der Waals surface area contributed by atoms with Crippen molar-refractivity contribution in [3.8, 4) is 0 Å². The van der Waals surface area contributed by atoms with E-state index in [4.69, 9.17) is 10.8 Å². The lowest BCUT2D eigenvalue weighted by atomic mass is 9.97.